The SMILES string of the molecule is Cl.N[C@H](c1cn2ncc(CC34CCC(C3)NC4=O)cc2n1)C1CCC(F)(F)CC1. The van der Waals surface area contributed by atoms with E-state index in [1.54, 1.807) is 16.9 Å². The van der Waals surface area contributed by atoms with Gasteiger partial charge in [0.25, 0.3) is 0 Å². The predicted molar refractivity (Wildman–Crippen MR) is 106 cm³/mol. The van der Waals surface area contributed by atoms with E-state index in [0.29, 0.717) is 36.6 Å². The Hall–Kier alpha value is -1.80. The van der Waals surface area contributed by atoms with Crippen LogP contribution >= 0.6 is 12.4 Å². The molecule has 29 heavy (non-hydrogen) atoms. The highest BCUT2D eigenvalue weighted by molar-refractivity contribution is 5.86. The number of alkyl halides is 2. The molecule has 3 fully saturated rings. The quantitative estimate of drug-likeness (QED) is 0.787. The largest absolute Gasteiger partial charge is 0.353 e. The Morgan fingerprint density at radius 1 is 1.28 bits per heavy atom. The molecule has 1 saturated heterocycles. The standard InChI is InChI=1S/C20H25F2N5O.ClH/c21-20(22)5-1-13(2-6-20)17(23)15-11-27-16(26-15)7-12(10-24-27)8-19-4-3-14(9-19)25-18(19)28;/h7,10-11,13-14,17H,1-6,8-9,23H2,(H,25,28);1H/t14?,17-,19?;/m0./s1. The number of aromatic nitrogens is 3. The molecule has 3 heterocycles. The zero-order valence-corrected chi connectivity index (χ0v) is 16.9. The summed E-state index contributed by atoms with van der Waals surface area (Å²) in [7, 11) is 0. The first-order chi connectivity index (χ1) is 13.3. The minimum absolute atomic E-state index is 0. The lowest BCUT2D eigenvalue weighted by molar-refractivity contribution is -0.128. The lowest BCUT2D eigenvalue weighted by Crippen LogP contribution is -2.37. The third kappa shape index (κ3) is 3.61. The van der Waals surface area contributed by atoms with Gasteiger partial charge in [-0.3, -0.25) is 4.79 Å². The van der Waals surface area contributed by atoms with Crippen molar-refractivity contribution in [2.45, 2.75) is 69.4 Å². The van der Waals surface area contributed by atoms with Gasteiger partial charge in [0.15, 0.2) is 5.65 Å². The third-order valence-electron chi connectivity index (χ3n) is 6.97. The van der Waals surface area contributed by atoms with Crippen LogP contribution in [0.3, 0.4) is 0 Å². The summed E-state index contributed by atoms with van der Waals surface area (Å²) in [5.74, 6) is -2.39. The second kappa shape index (κ2) is 7.16. The third-order valence-corrected chi connectivity index (χ3v) is 6.97. The highest BCUT2D eigenvalue weighted by Gasteiger charge is 2.51. The van der Waals surface area contributed by atoms with Gasteiger partial charge in [-0.15, -0.1) is 12.4 Å². The number of piperidine rings is 1. The van der Waals surface area contributed by atoms with Gasteiger partial charge in [0.05, 0.1) is 29.5 Å². The van der Waals surface area contributed by atoms with Gasteiger partial charge in [0.2, 0.25) is 11.8 Å². The van der Waals surface area contributed by atoms with Crippen molar-refractivity contribution in [3.63, 3.8) is 0 Å². The zero-order chi connectivity index (χ0) is 19.5. The van der Waals surface area contributed by atoms with Crippen molar-refractivity contribution in [2.75, 3.05) is 0 Å². The zero-order valence-electron chi connectivity index (χ0n) is 16.1. The summed E-state index contributed by atoms with van der Waals surface area (Å²) in [5.41, 5.74) is 8.43. The van der Waals surface area contributed by atoms with Crippen LogP contribution in [-0.4, -0.2) is 32.5 Å². The maximum absolute atomic E-state index is 13.4. The smallest absolute Gasteiger partial charge is 0.248 e. The Morgan fingerprint density at radius 3 is 2.69 bits per heavy atom. The minimum atomic E-state index is -2.56. The number of imidazole rings is 1. The van der Waals surface area contributed by atoms with Crippen LogP contribution < -0.4 is 11.1 Å². The van der Waals surface area contributed by atoms with Gasteiger partial charge in [0, 0.05) is 18.9 Å². The molecule has 0 aromatic carbocycles. The summed E-state index contributed by atoms with van der Waals surface area (Å²) in [6.07, 6.45) is 7.74. The molecule has 2 saturated carbocycles. The normalized spacial score (nSPS) is 29.6. The molecule has 3 N–H and O–H groups in total. The van der Waals surface area contributed by atoms with E-state index >= 15 is 0 Å². The molecule has 1 aliphatic heterocycles. The lowest BCUT2D eigenvalue weighted by atomic mass is 9.81. The molecule has 158 valence electrons. The van der Waals surface area contributed by atoms with Crippen molar-refractivity contribution in [1.29, 1.82) is 0 Å². The number of carbonyl (C=O) groups is 1. The van der Waals surface area contributed by atoms with Crippen molar-refractivity contribution in [2.24, 2.45) is 17.1 Å². The molecule has 0 radical (unpaired) electrons. The van der Waals surface area contributed by atoms with E-state index in [2.05, 4.69) is 15.4 Å². The summed E-state index contributed by atoms with van der Waals surface area (Å²) < 4.78 is 28.5. The second-order valence-electron chi connectivity index (χ2n) is 8.92. The van der Waals surface area contributed by atoms with Crippen molar-refractivity contribution in [3.05, 3.63) is 29.7 Å². The van der Waals surface area contributed by atoms with Crippen LogP contribution in [0.5, 0.6) is 0 Å². The van der Waals surface area contributed by atoms with E-state index in [1.807, 2.05) is 6.07 Å². The maximum atomic E-state index is 13.4. The van der Waals surface area contributed by atoms with E-state index in [9.17, 15) is 13.6 Å². The van der Waals surface area contributed by atoms with E-state index in [0.717, 1.165) is 24.8 Å². The predicted octanol–water partition coefficient (Wildman–Crippen LogP) is 3.19. The molecule has 3 atom stereocenters. The number of nitrogens with zero attached hydrogens (tertiary/aromatic N) is 3. The molecule has 2 unspecified atom stereocenters. The van der Waals surface area contributed by atoms with E-state index in [1.165, 1.54) is 0 Å². The van der Waals surface area contributed by atoms with Gasteiger partial charge in [-0.25, -0.2) is 18.3 Å². The number of amides is 1. The van der Waals surface area contributed by atoms with Crippen molar-refractivity contribution in [1.82, 2.24) is 19.9 Å². The van der Waals surface area contributed by atoms with E-state index in [-0.39, 0.29) is 48.5 Å². The lowest BCUT2D eigenvalue weighted by Gasteiger charge is -2.31. The first kappa shape index (κ1) is 20.5. The molecule has 2 aliphatic carbocycles. The topological polar surface area (TPSA) is 85.3 Å². The Labute approximate surface area is 174 Å². The fourth-order valence-electron chi connectivity index (χ4n) is 5.28. The van der Waals surface area contributed by atoms with Gasteiger partial charge < -0.3 is 11.1 Å². The monoisotopic (exact) mass is 425 g/mol. The number of nitrogens with two attached hydrogens (primary N) is 1. The number of hydrogen-bond acceptors (Lipinski definition) is 4. The van der Waals surface area contributed by atoms with Crippen LogP contribution in [0.4, 0.5) is 8.78 Å². The fourth-order valence-corrected chi connectivity index (χ4v) is 5.28. The van der Waals surface area contributed by atoms with Gasteiger partial charge in [-0.05, 0) is 56.1 Å². The average molecular weight is 426 g/mol. The maximum Gasteiger partial charge on any atom is 0.248 e. The number of halogens is 3. The van der Waals surface area contributed by atoms with Crippen molar-refractivity contribution >= 4 is 24.0 Å². The summed E-state index contributed by atoms with van der Waals surface area (Å²) in [5, 5.41) is 7.51. The molecular weight excluding hydrogens is 400 g/mol. The molecular formula is C20H26ClF2N5O. The molecule has 9 heteroatoms. The molecule has 5 rings (SSSR count). The second-order valence-corrected chi connectivity index (χ2v) is 8.92. The molecule has 6 nitrogen and oxygen atoms in total. The molecule has 2 aromatic rings. The fraction of sp³-hybridized carbons (Fsp3) is 0.650. The molecule has 2 bridgehead atoms. The Balaban J connectivity index is 0.00000205. The summed E-state index contributed by atoms with van der Waals surface area (Å²) in [6, 6.07) is 1.92. The van der Waals surface area contributed by atoms with Crippen LogP contribution in [-0.2, 0) is 11.2 Å². The number of rotatable bonds is 4. The minimum Gasteiger partial charge on any atom is -0.353 e. The van der Waals surface area contributed by atoms with Crippen LogP contribution in [0.1, 0.15) is 62.2 Å². The van der Waals surface area contributed by atoms with Gasteiger partial charge in [-0.2, -0.15) is 5.10 Å². The Kier molecular flexibility index (Phi) is 5.06. The summed E-state index contributed by atoms with van der Waals surface area (Å²) in [6.45, 7) is 0. The Morgan fingerprint density at radius 2 is 2.03 bits per heavy atom. The van der Waals surface area contributed by atoms with Crippen molar-refractivity contribution in [3.8, 4) is 0 Å². The molecule has 1 amide bonds. The first-order valence-corrected chi connectivity index (χ1v) is 10.1. The van der Waals surface area contributed by atoms with E-state index < -0.39 is 5.92 Å². The summed E-state index contributed by atoms with van der Waals surface area (Å²) >= 11 is 0. The molecule has 0 spiro atoms. The van der Waals surface area contributed by atoms with Gasteiger partial charge in [0.1, 0.15) is 0 Å². The average Bonchev–Trinajstić information content (AvgIpc) is 3.33. The summed E-state index contributed by atoms with van der Waals surface area (Å²) in [4.78, 5) is 16.9. The van der Waals surface area contributed by atoms with Crippen LogP contribution in [0, 0.1) is 11.3 Å². The first-order valence-electron chi connectivity index (χ1n) is 10.1. The van der Waals surface area contributed by atoms with Crippen molar-refractivity contribution < 1.29 is 13.6 Å². The Bertz CT molecular complexity index is 925. The highest BCUT2D eigenvalue weighted by atomic mass is 35.5. The highest BCUT2D eigenvalue weighted by Crippen LogP contribution is 2.46. The number of hydrogen-bond donors (Lipinski definition) is 2. The number of fused-ring (bicyclic) bond motifs is 3. The van der Waals surface area contributed by atoms with Gasteiger partial charge >= 0.3 is 0 Å². The van der Waals surface area contributed by atoms with Crippen LogP contribution in [0.25, 0.3) is 5.65 Å². The molecule has 2 aromatic heterocycles. The van der Waals surface area contributed by atoms with Crippen LogP contribution in [0.2, 0.25) is 0 Å². The number of carbonyl (C=O) groups excluding carboxylic acids is 1. The number of nitrogens with one attached hydrogen (secondary N) is 1. The van der Waals surface area contributed by atoms with Gasteiger partial charge in [-0.1, -0.05) is 0 Å². The van der Waals surface area contributed by atoms with Crippen LogP contribution in [0.15, 0.2) is 18.5 Å². The van der Waals surface area contributed by atoms with E-state index in [4.69, 9.17) is 5.73 Å². The molecule has 3 aliphatic rings.